The van der Waals surface area contributed by atoms with Crippen LogP contribution in [0.3, 0.4) is 0 Å². The Balaban J connectivity index is 1.76. The van der Waals surface area contributed by atoms with Gasteiger partial charge in [0.15, 0.2) is 11.6 Å². The molecule has 1 aromatic heterocycles. The summed E-state index contributed by atoms with van der Waals surface area (Å²) in [6.07, 6.45) is 0.713. The van der Waals surface area contributed by atoms with Crippen LogP contribution in [-0.4, -0.2) is 28.6 Å². The third-order valence-electron chi connectivity index (χ3n) is 5.72. The minimum Gasteiger partial charge on any atom is -0.344 e. The van der Waals surface area contributed by atoms with Gasteiger partial charge in [-0.3, -0.25) is 23.7 Å². The van der Waals surface area contributed by atoms with E-state index in [-0.39, 0.29) is 41.1 Å². The minimum absolute atomic E-state index is 0.175. The van der Waals surface area contributed by atoms with E-state index in [0.29, 0.717) is 23.4 Å². The van der Waals surface area contributed by atoms with Crippen LogP contribution in [0.2, 0.25) is 0 Å². The van der Waals surface area contributed by atoms with Crippen molar-refractivity contribution in [2.24, 2.45) is 5.41 Å². The molecule has 6 nitrogen and oxygen atoms in total. The molecule has 0 fully saturated rings. The zero-order valence-electron chi connectivity index (χ0n) is 18.4. The van der Waals surface area contributed by atoms with E-state index < -0.39 is 17.3 Å². The van der Waals surface area contributed by atoms with Crippen LogP contribution in [0.5, 0.6) is 0 Å². The molecule has 1 aliphatic carbocycles. The van der Waals surface area contributed by atoms with Crippen molar-refractivity contribution in [3.63, 3.8) is 0 Å². The van der Waals surface area contributed by atoms with Gasteiger partial charge in [-0.2, -0.15) is 0 Å². The molecule has 1 heterocycles. The number of benzene rings is 2. The maximum Gasteiger partial charge on any atom is 0.268 e. The van der Waals surface area contributed by atoms with E-state index >= 15 is 0 Å². The number of ketones is 2. The molecule has 1 amide bonds. The van der Waals surface area contributed by atoms with Crippen molar-refractivity contribution in [2.75, 3.05) is 6.54 Å². The lowest BCUT2D eigenvalue weighted by molar-refractivity contribution is 0.0898. The van der Waals surface area contributed by atoms with Gasteiger partial charge >= 0.3 is 0 Å². The number of Topliss-reactive ketones (excluding diaryl/α,β-unsaturated/α-hetero) is 2. The maximum absolute atomic E-state index is 13.5. The monoisotopic (exact) mass is 446 g/mol. The largest absolute Gasteiger partial charge is 0.344 e. The van der Waals surface area contributed by atoms with Gasteiger partial charge in [-0.25, -0.2) is 4.39 Å². The highest BCUT2D eigenvalue weighted by molar-refractivity contribution is 6.04. The second kappa shape index (κ2) is 8.58. The third-order valence-corrected chi connectivity index (χ3v) is 5.72. The number of hydrogen-bond acceptors (Lipinski definition) is 4. The Morgan fingerprint density at radius 3 is 2.33 bits per heavy atom. The molecule has 33 heavy (non-hydrogen) atoms. The van der Waals surface area contributed by atoms with Crippen LogP contribution in [-0.2, 0) is 6.42 Å². The van der Waals surface area contributed by atoms with E-state index in [1.165, 1.54) is 34.9 Å². The molecule has 0 atom stereocenters. The van der Waals surface area contributed by atoms with Gasteiger partial charge in [-0.15, -0.1) is 0 Å². The van der Waals surface area contributed by atoms with Crippen molar-refractivity contribution in [2.45, 2.75) is 26.7 Å². The summed E-state index contributed by atoms with van der Waals surface area (Å²) in [7, 11) is 0. The number of nitrogens with zero attached hydrogens (tertiary/aromatic N) is 1. The molecular weight excluding hydrogens is 423 g/mol. The van der Waals surface area contributed by atoms with E-state index in [0.717, 1.165) is 0 Å². The van der Waals surface area contributed by atoms with Crippen molar-refractivity contribution >= 4 is 17.5 Å². The number of hydrogen-bond donors (Lipinski definition) is 1. The van der Waals surface area contributed by atoms with E-state index in [1.807, 2.05) is 13.8 Å². The van der Waals surface area contributed by atoms with Crippen LogP contribution in [0.15, 0.2) is 65.5 Å². The molecule has 0 spiro atoms. The Morgan fingerprint density at radius 2 is 1.67 bits per heavy atom. The van der Waals surface area contributed by atoms with Gasteiger partial charge in [0.05, 0.1) is 6.54 Å². The molecule has 4 rings (SSSR count). The summed E-state index contributed by atoms with van der Waals surface area (Å²) < 4.78 is 14.8. The number of halogens is 1. The van der Waals surface area contributed by atoms with Crippen molar-refractivity contribution in [3.8, 4) is 5.69 Å². The highest BCUT2D eigenvalue weighted by Gasteiger charge is 2.35. The summed E-state index contributed by atoms with van der Waals surface area (Å²) in [4.78, 5) is 51.6. The number of fused-ring (bicyclic) bond motifs is 1. The first-order valence-electron chi connectivity index (χ1n) is 10.6. The van der Waals surface area contributed by atoms with E-state index in [1.54, 1.807) is 30.3 Å². The second-order valence-corrected chi connectivity index (χ2v) is 8.95. The molecule has 2 aromatic carbocycles. The lowest BCUT2D eigenvalue weighted by atomic mass is 9.75. The molecule has 0 radical (unpaired) electrons. The molecule has 0 saturated carbocycles. The molecule has 0 unspecified atom stereocenters. The summed E-state index contributed by atoms with van der Waals surface area (Å²) >= 11 is 0. The first-order chi connectivity index (χ1) is 15.7. The highest BCUT2D eigenvalue weighted by atomic mass is 19.1. The van der Waals surface area contributed by atoms with E-state index in [2.05, 4.69) is 5.32 Å². The first kappa shape index (κ1) is 22.3. The summed E-state index contributed by atoms with van der Waals surface area (Å²) in [5.74, 6) is -1.70. The Bertz CT molecular complexity index is 1310. The second-order valence-electron chi connectivity index (χ2n) is 8.95. The van der Waals surface area contributed by atoms with Crippen LogP contribution in [0.4, 0.5) is 4.39 Å². The van der Waals surface area contributed by atoms with Gasteiger partial charge in [0, 0.05) is 28.9 Å². The summed E-state index contributed by atoms with van der Waals surface area (Å²) in [5, 5.41) is 2.49. The number of aromatic nitrogens is 1. The predicted octanol–water partition coefficient (Wildman–Crippen LogP) is 3.74. The molecule has 168 valence electrons. The van der Waals surface area contributed by atoms with Gasteiger partial charge in [0.1, 0.15) is 11.4 Å². The van der Waals surface area contributed by atoms with Crippen LogP contribution in [0.25, 0.3) is 5.69 Å². The van der Waals surface area contributed by atoms with Crippen molar-refractivity contribution in [3.05, 3.63) is 99.2 Å². The normalized spacial score (nSPS) is 14.5. The van der Waals surface area contributed by atoms with Gasteiger partial charge in [-0.05, 0) is 42.2 Å². The lowest BCUT2D eigenvalue weighted by Crippen LogP contribution is -2.39. The SMILES string of the molecule is CC1(C)CC(=O)c2cc(C(=O)NCC(=O)c3ccccc3)c(=O)n(-c3ccc(F)cc3)c2C1. The summed E-state index contributed by atoms with van der Waals surface area (Å²) in [5.41, 5.74) is 0.331. The first-order valence-corrected chi connectivity index (χ1v) is 10.6. The van der Waals surface area contributed by atoms with E-state index in [9.17, 15) is 23.6 Å². The number of carbonyl (C=O) groups is 3. The Labute approximate surface area is 190 Å². The molecule has 0 saturated heterocycles. The maximum atomic E-state index is 13.5. The van der Waals surface area contributed by atoms with Crippen LogP contribution in [0.1, 0.15) is 57.0 Å². The molecular formula is C26H23FN2O4. The molecule has 3 aromatic rings. The average molecular weight is 446 g/mol. The predicted molar refractivity (Wildman–Crippen MR) is 122 cm³/mol. The fraction of sp³-hybridized carbons (Fsp3) is 0.231. The molecule has 1 aliphatic rings. The molecule has 0 aliphatic heterocycles. The lowest BCUT2D eigenvalue weighted by Gasteiger charge is -2.32. The molecule has 1 N–H and O–H groups in total. The third kappa shape index (κ3) is 4.53. The van der Waals surface area contributed by atoms with Gasteiger partial charge in [0.25, 0.3) is 11.5 Å². The van der Waals surface area contributed by atoms with Crippen molar-refractivity contribution in [1.29, 1.82) is 0 Å². The molecule has 0 bridgehead atoms. The molecule has 7 heteroatoms. The van der Waals surface area contributed by atoms with Crippen LogP contribution >= 0.6 is 0 Å². The average Bonchev–Trinajstić information content (AvgIpc) is 2.78. The number of nitrogens with one attached hydrogen (secondary N) is 1. The van der Waals surface area contributed by atoms with Crippen molar-refractivity contribution in [1.82, 2.24) is 9.88 Å². The summed E-state index contributed by atoms with van der Waals surface area (Å²) in [6, 6.07) is 15.1. The minimum atomic E-state index is -0.749. The standard InChI is InChI=1S/C26H23FN2O4/c1-26(2)13-21-19(22(30)14-26)12-20(25(33)29(21)18-10-8-17(27)9-11-18)24(32)28-15-23(31)16-6-4-3-5-7-16/h3-12H,13-15H2,1-2H3,(H,28,32). The van der Waals surface area contributed by atoms with Gasteiger partial charge < -0.3 is 5.32 Å². The number of amides is 1. The quantitative estimate of drug-likeness (QED) is 0.605. The highest BCUT2D eigenvalue weighted by Crippen LogP contribution is 2.35. The zero-order chi connectivity index (χ0) is 23.8. The smallest absolute Gasteiger partial charge is 0.268 e. The zero-order valence-corrected chi connectivity index (χ0v) is 18.4. The van der Waals surface area contributed by atoms with Crippen LogP contribution < -0.4 is 10.9 Å². The van der Waals surface area contributed by atoms with Gasteiger partial charge in [0.2, 0.25) is 0 Å². The fourth-order valence-electron chi connectivity index (χ4n) is 4.12. The Hall–Kier alpha value is -3.87. The number of pyridine rings is 1. The number of rotatable bonds is 5. The van der Waals surface area contributed by atoms with Crippen LogP contribution in [0, 0.1) is 11.2 Å². The van der Waals surface area contributed by atoms with E-state index in [4.69, 9.17) is 0 Å². The Kier molecular flexibility index (Phi) is 5.80. The van der Waals surface area contributed by atoms with Crippen molar-refractivity contribution < 1.29 is 18.8 Å². The Morgan fingerprint density at radius 1 is 1.00 bits per heavy atom. The topological polar surface area (TPSA) is 85.2 Å². The fourth-order valence-corrected chi connectivity index (χ4v) is 4.12. The van der Waals surface area contributed by atoms with Gasteiger partial charge in [-0.1, -0.05) is 44.2 Å². The summed E-state index contributed by atoms with van der Waals surface area (Å²) in [6.45, 7) is 3.57. The number of carbonyl (C=O) groups excluding carboxylic acids is 3.